The Bertz CT molecular complexity index is 1680. The Morgan fingerprint density at radius 2 is 1.96 bits per heavy atom. The first kappa shape index (κ1) is 31.4. The van der Waals surface area contributed by atoms with Crippen LogP contribution in [-0.2, 0) is 22.9 Å². The van der Waals surface area contributed by atoms with E-state index in [1.807, 2.05) is 23.1 Å². The maximum atomic E-state index is 12.6. The minimum Gasteiger partial charge on any atom is -0.494 e. The van der Waals surface area contributed by atoms with E-state index in [9.17, 15) is 19.3 Å². The zero-order valence-corrected chi connectivity index (χ0v) is 25.6. The van der Waals surface area contributed by atoms with Crippen molar-refractivity contribution in [1.29, 1.82) is 0 Å². The molecule has 0 amide bonds. The molecule has 1 saturated heterocycles. The highest BCUT2D eigenvalue weighted by molar-refractivity contribution is 5.81. The molecule has 13 nitrogen and oxygen atoms in total. The van der Waals surface area contributed by atoms with E-state index >= 15 is 0 Å². The van der Waals surface area contributed by atoms with E-state index in [1.54, 1.807) is 56.8 Å². The standard InChI is InChI=1S/C31H36FN7O6/c1-31(2,3)29(40)45-19-38-12-10-24-26(18-44-23-7-5-6-22(15-23)39(41)42)35-30(36-28(24)38)34-25-9-8-20(14-27(25)43-4)33-21-16-37(17-21)13-11-32/h5-10,12,14-15,21,33H,11,13,16-19H2,1-4H3,(H,34,35,36). The summed E-state index contributed by atoms with van der Waals surface area (Å²) in [4.78, 5) is 34.7. The number of aromatic nitrogens is 3. The first-order chi connectivity index (χ1) is 21.5. The van der Waals surface area contributed by atoms with Crippen molar-refractivity contribution in [2.24, 2.45) is 5.41 Å². The van der Waals surface area contributed by atoms with Gasteiger partial charge < -0.3 is 24.8 Å². The second-order valence-corrected chi connectivity index (χ2v) is 11.7. The average molecular weight is 622 g/mol. The lowest BCUT2D eigenvalue weighted by Gasteiger charge is -2.39. The number of esters is 1. The van der Waals surface area contributed by atoms with Gasteiger partial charge in [-0.25, -0.2) is 9.37 Å². The maximum absolute atomic E-state index is 12.6. The lowest BCUT2D eigenvalue weighted by Crippen LogP contribution is -2.55. The third kappa shape index (κ3) is 7.58. The molecule has 4 aromatic rings. The predicted molar refractivity (Wildman–Crippen MR) is 167 cm³/mol. The van der Waals surface area contributed by atoms with Gasteiger partial charge in [0.25, 0.3) is 5.69 Å². The molecule has 1 aliphatic rings. The number of benzene rings is 2. The first-order valence-corrected chi connectivity index (χ1v) is 14.4. The van der Waals surface area contributed by atoms with Gasteiger partial charge in [0, 0.05) is 49.0 Å². The summed E-state index contributed by atoms with van der Waals surface area (Å²) in [5, 5.41) is 18.6. The summed E-state index contributed by atoms with van der Waals surface area (Å²) >= 11 is 0. The van der Waals surface area contributed by atoms with Gasteiger partial charge in [-0.1, -0.05) is 6.07 Å². The molecular weight excluding hydrogens is 585 g/mol. The maximum Gasteiger partial charge on any atom is 0.312 e. The number of nitrogens with one attached hydrogen (secondary N) is 2. The van der Waals surface area contributed by atoms with Crippen LogP contribution in [0, 0.1) is 15.5 Å². The monoisotopic (exact) mass is 621 g/mol. The summed E-state index contributed by atoms with van der Waals surface area (Å²) in [5.74, 6) is 0.740. The van der Waals surface area contributed by atoms with Crippen LogP contribution < -0.4 is 20.1 Å². The molecule has 14 heteroatoms. The minimum atomic E-state index is -0.675. The number of non-ortho nitro benzene ring substituents is 1. The molecule has 0 atom stereocenters. The predicted octanol–water partition coefficient (Wildman–Crippen LogP) is 5.28. The molecule has 45 heavy (non-hydrogen) atoms. The molecule has 238 valence electrons. The summed E-state index contributed by atoms with van der Waals surface area (Å²) in [5.41, 5.74) is 1.71. The Hall–Kier alpha value is -4.98. The average Bonchev–Trinajstić information content (AvgIpc) is 3.40. The van der Waals surface area contributed by atoms with Crippen LogP contribution >= 0.6 is 0 Å². The molecule has 5 rings (SSSR count). The number of rotatable bonds is 13. The highest BCUT2D eigenvalue weighted by atomic mass is 19.1. The number of methoxy groups -OCH3 is 1. The van der Waals surface area contributed by atoms with Crippen LogP contribution in [0.1, 0.15) is 26.5 Å². The van der Waals surface area contributed by atoms with Crippen LogP contribution in [-0.4, -0.2) is 69.8 Å². The quantitative estimate of drug-likeness (QED) is 0.114. The summed E-state index contributed by atoms with van der Waals surface area (Å²) < 4.78 is 31.4. The summed E-state index contributed by atoms with van der Waals surface area (Å²) in [7, 11) is 1.56. The number of ether oxygens (including phenoxy) is 3. The number of hydrogen-bond donors (Lipinski definition) is 2. The van der Waals surface area contributed by atoms with Gasteiger partial charge in [0.05, 0.1) is 40.9 Å². The number of carbonyl (C=O) groups is 1. The van der Waals surface area contributed by atoms with Crippen LogP contribution in [0.3, 0.4) is 0 Å². The number of nitro benzene ring substituents is 1. The van der Waals surface area contributed by atoms with Gasteiger partial charge in [-0.3, -0.25) is 24.4 Å². The normalized spacial score (nSPS) is 13.7. The number of likely N-dealkylation sites (tertiary alicyclic amines) is 1. The van der Waals surface area contributed by atoms with Gasteiger partial charge >= 0.3 is 5.97 Å². The zero-order valence-electron chi connectivity index (χ0n) is 25.6. The van der Waals surface area contributed by atoms with Crippen molar-refractivity contribution in [2.75, 3.05) is 44.1 Å². The highest BCUT2D eigenvalue weighted by Crippen LogP contribution is 2.32. The second-order valence-electron chi connectivity index (χ2n) is 11.7. The summed E-state index contributed by atoms with van der Waals surface area (Å²) in [6, 6.07) is 13.5. The van der Waals surface area contributed by atoms with E-state index in [1.165, 1.54) is 12.1 Å². The van der Waals surface area contributed by atoms with Gasteiger partial charge in [-0.2, -0.15) is 4.98 Å². The minimum absolute atomic E-state index is 0.0124. The summed E-state index contributed by atoms with van der Waals surface area (Å²) in [6.07, 6.45) is 1.74. The fraction of sp³-hybridized carbons (Fsp3) is 0.387. The fourth-order valence-electron chi connectivity index (χ4n) is 4.78. The first-order valence-electron chi connectivity index (χ1n) is 14.4. The third-order valence-corrected chi connectivity index (χ3v) is 7.23. The number of fused-ring (bicyclic) bond motifs is 1. The van der Waals surface area contributed by atoms with E-state index in [2.05, 4.69) is 10.6 Å². The van der Waals surface area contributed by atoms with Crippen LogP contribution in [0.2, 0.25) is 0 Å². The van der Waals surface area contributed by atoms with Crippen molar-refractivity contribution in [2.45, 2.75) is 40.2 Å². The molecule has 2 N–H and O–H groups in total. The number of carbonyl (C=O) groups excluding carboxylic acids is 1. The number of anilines is 3. The molecule has 0 spiro atoms. The topological polar surface area (TPSA) is 146 Å². The van der Waals surface area contributed by atoms with Gasteiger partial charge in [0.2, 0.25) is 5.95 Å². The Labute approximate surface area is 259 Å². The summed E-state index contributed by atoms with van der Waals surface area (Å²) in [6.45, 7) is 6.88. The highest BCUT2D eigenvalue weighted by Gasteiger charge is 2.26. The van der Waals surface area contributed by atoms with Crippen molar-refractivity contribution in [1.82, 2.24) is 19.4 Å². The SMILES string of the molecule is COc1cc(NC2CN(CCF)C2)ccc1Nc1nc(COc2cccc([N+](=O)[O-])c2)c2ccn(COC(=O)C(C)(C)C)c2n1. The van der Waals surface area contributed by atoms with Gasteiger partial charge in [0.1, 0.15) is 30.4 Å². The third-order valence-electron chi connectivity index (χ3n) is 7.23. The van der Waals surface area contributed by atoms with Crippen molar-refractivity contribution in [3.8, 4) is 11.5 Å². The molecule has 0 aliphatic carbocycles. The van der Waals surface area contributed by atoms with Crippen molar-refractivity contribution >= 4 is 40.0 Å². The lowest BCUT2D eigenvalue weighted by atomic mass is 9.98. The molecule has 3 heterocycles. The molecule has 2 aromatic heterocycles. The largest absolute Gasteiger partial charge is 0.494 e. The zero-order chi connectivity index (χ0) is 32.1. The van der Waals surface area contributed by atoms with Crippen LogP contribution in [0.25, 0.3) is 11.0 Å². The van der Waals surface area contributed by atoms with E-state index in [0.717, 1.165) is 18.8 Å². The van der Waals surface area contributed by atoms with Crippen LogP contribution in [0.5, 0.6) is 11.5 Å². The Kier molecular flexibility index (Phi) is 9.32. The molecule has 2 aromatic carbocycles. The van der Waals surface area contributed by atoms with Crippen LogP contribution in [0.15, 0.2) is 54.7 Å². The number of hydrogen-bond acceptors (Lipinski definition) is 11. The van der Waals surface area contributed by atoms with Gasteiger partial charge in [-0.05, 0) is 45.0 Å². The number of nitro groups is 1. The molecule has 0 bridgehead atoms. The number of halogens is 1. The molecular formula is C31H36FN7O6. The van der Waals surface area contributed by atoms with Gasteiger partial charge in [-0.15, -0.1) is 0 Å². The fourth-order valence-corrected chi connectivity index (χ4v) is 4.78. The molecule has 1 fully saturated rings. The number of nitrogens with zero attached hydrogens (tertiary/aromatic N) is 5. The Balaban J connectivity index is 1.41. The van der Waals surface area contributed by atoms with E-state index in [0.29, 0.717) is 40.5 Å². The molecule has 0 saturated carbocycles. The van der Waals surface area contributed by atoms with Crippen molar-refractivity contribution in [3.05, 3.63) is 70.5 Å². The lowest BCUT2D eigenvalue weighted by molar-refractivity contribution is -0.384. The smallest absolute Gasteiger partial charge is 0.312 e. The van der Waals surface area contributed by atoms with E-state index in [-0.39, 0.29) is 43.7 Å². The van der Waals surface area contributed by atoms with E-state index < -0.39 is 10.3 Å². The molecule has 1 aliphatic heterocycles. The van der Waals surface area contributed by atoms with Crippen molar-refractivity contribution < 1.29 is 28.3 Å². The number of alkyl halides is 1. The Morgan fingerprint density at radius 1 is 1.16 bits per heavy atom. The second kappa shape index (κ2) is 13.3. The van der Waals surface area contributed by atoms with E-state index in [4.69, 9.17) is 24.2 Å². The molecule has 0 radical (unpaired) electrons. The molecule has 0 unspecified atom stereocenters. The van der Waals surface area contributed by atoms with Crippen molar-refractivity contribution in [3.63, 3.8) is 0 Å². The van der Waals surface area contributed by atoms with Gasteiger partial charge in [0.15, 0.2) is 6.73 Å². The van der Waals surface area contributed by atoms with Crippen LogP contribution in [0.4, 0.5) is 27.4 Å². The Morgan fingerprint density at radius 3 is 2.67 bits per heavy atom.